The Balaban J connectivity index is 2.14. The topological polar surface area (TPSA) is 67.8 Å². The number of rotatable bonds is 5. The van der Waals surface area contributed by atoms with Crippen molar-refractivity contribution in [3.8, 4) is 5.75 Å². The molecular weight excluding hydrogens is 356 g/mol. The molecule has 21 heavy (non-hydrogen) atoms. The van der Waals surface area contributed by atoms with Gasteiger partial charge in [0.05, 0.1) is 18.2 Å². The molecule has 0 heterocycles. The van der Waals surface area contributed by atoms with E-state index in [4.69, 9.17) is 4.74 Å². The van der Waals surface area contributed by atoms with Gasteiger partial charge in [0.25, 0.3) is 10.0 Å². The number of para-hydroxylation sites is 1. The maximum Gasteiger partial charge on any atom is 0.276 e. The lowest BCUT2D eigenvalue weighted by Gasteiger charge is -2.05. The minimum absolute atomic E-state index is 0.142. The van der Waals surface area contributed by atoms with Crippen LogP contribution in [0.2, 0.25) is 0 Å². The van der Waals surface area contributed by atoms with E-state index >= 15 is 0 Å². The fraction of sp³-hybridized carbons (Fsp3) is 0.0714. The molecule has 0 spiro atoms. The highest BCUT2D eigenvalue weighted by Crippen LogP contribution is 2.16. The number of halogens is 1. The quantitative estimate of drug-likeness (QED) is 0.651. The molecule has 0 aliphatic heterocycles. The van der Waals surface area contributed by atoms with Gasteiger partial charge in [0.15, 0.2) is 0 Å². The van der Waals surface area contributed by atoms with Crippen LogP contribution in [0.3, 0.4) is 0 Å². The molecule has 0 saturated carbocycles. The van der Waals surface area contributed by atoms with Crippen LogP contribution in [0.15, 0.2) is 63.0 Å². The molecule has 2 aromatic rings. The fourth-order valence-corrected chi connectivity index (χ4v) is 2.66. The monoisotopic (exact) mass is 368 g/mol. The van der Waals surface area contributed by atoms with Crippen molar-refractivity contribution in [2.24, 2.45) is 5.10 Å². The first-order chi connectivity index (χ1) is 10.0. The maximum absolute atomic E-state index is 12.0. The number of benzene rings is 2. The molecule has 0 bridgehead atoms. The summed E-state index contributed by atoms with van der Waals surface area (Å²) in [4.78, 5) is 2.31. The zero-order chi connectivity index (χ0) is 15.3. The summed E-state index contributed by atoms with van der Waals surface area (Å²) >= 11 is 3.25. The average Bonchev–Trinajstić information content (AvgIpc) is 2.48. The van der Waals surface area contributed by atoms with Crippen molar-refractivity contribution < 1.29 is 13.2 Å². The molecule has 1 N–H and O–H groups in total. The van der Waals surface area contributed by atoms with E-state index in [-0.39, 0.29) is 4.90 Å². The number of methoxy groups -OCH3 is 1. The van der Waals surface area contributed by atoms with Crippen LogP contribution in [0, 0.1) is 0 Å². The standard InChI is InChI=1S/C14H13BrN2O3S/c1-20-14-5-3-2-4-11(14)10-16-17-21(18,19)13-8-6-12(15)7-9-13/h2-10,17H,1H3/b16-10-. The van der Waals surface area contributed by atoms with Gasteiger partial charge in [-0.2, -0.15) is 13.5 Å². The maximum atomic E-state index is 12.0. The molecule has 110 valence electrons. The summed E-state index contributed by atoms with van der Waals surface area (Å²) in [5.41, 5.74) is 0.679. The molecule has 0 unspecified atom stereocenters. The zero-order valence-corrected chi connectivity index (χ0v) is 13.6. The highest BCUT2D eigenvalue weighted by atomic mass is 79.9. The van der Waals surface area contributed by atoms with Crippen molar-refractivity contribution in [3.05, 3.63) is 58.6 Å². The van der Waals surface area contributed by atoms with Gasteiger partial charge in [-0.1, -0.05) is 28.1 Å². The number of hydrogen-bond acceptors (Lipinski definition) is 4. The highest BCUT2D eigenvalue weighted by Gasteiger charge is 2.12. The number of hydrogen-bond donors (Lipinski definition) is 1. The van der Waals surface area contributed by atoms with Gasteiger partial charge in [0.1, 0.15) is 5.75 Å². The van der Waals surface area contributed by atoms with E-state index in [1.807, 2.05) is 12.1 Å². The molecule has 2 rings (SSSR count). The van der Waals surface area contributed by atoms with Gasteiger partial charge in [-0.05, 0) is 36.4 Å². The zero-order valence-electron chi connectivity index (χ0n) is 11.2. The predicted octanol–water partition coefficient (Wildman–Crippen LogP) is 2.77. The van der Waals surface area contributed by atoms with Crippen molar-refractivity contribution in [2.75, 3.05) is 7.11 Å². The molecule has 0 aliphatic carbocycles. The molecular formula is C14H13BrN2O3S. The third-order valence-electron chi connectivity index (χ3n) is 2.64. The molecule has 0 aliphatic rings. The van der Waals surface area contributed by atoms with Gasteiger partial charge in [-0.3, -0.25) is 0 Å². The Morgan fingerprint density at radius 2 is 1.81 bits per heavy atom. The Labute approximate surface area is 131 Å². The summed E-state index contributed by atoms with van der Waals surface area (Å²) in [7, 11) is -2.14. The second-order valence-corrected chi connectivity index (χ2v) is 6.63. The second kappa shape index (κ2) is 6.73. The third-order valence-corrected chi connectivity index (χ3v) is 4.41. The van der Waals surface area contributed by atoms with Crippen LogP contribution < -0.4 is 9.57 Å². The van der Waals surface area contributed by atoms with Gasteiger partial charge in [-0.15, -0.1) is 0 Å². The van der Waals surface area contributed by atoms with E-state index in [9.17, 15) is 8.42 Å². The Morgan fingerprint density at radius 1 is 1.14 bits per heavy atom. The molecule has 0 radical (unpaired) electrons. The van der Waals surface area contributed by atoms with E-state index in [1.165, 1.54) is 18.3 Å². The van der Waals surface area contributed by atoms with Crippen molar-refractivity contribution in [1.29, 1.82) is 0 Å². The van der Waals surface area contributed by atoms with Crippen LogP contribution in [0.1, 0.15) is 5.56 Å². The molecule has 0 saturated heterocycles. The number of nitrogens with one attached hydrogen (secondary N) is 1. The predicted molar refractivity (Wildman–Crippen MR) is 85.1 cm³/mol. The highest BCUT2D eigenvalue weighted by molar-refractivity contribution is 9.10. The first kappa shape index (κ1) is 15.5. The molecule has 0 atom stereocenters. The molecule has 5 nitrogen and oxygen atoms in total. The first-order valence-electron chi connectivity index (χ1n) is 5.96. The van der Waals surface area contributed by atoms with E-state index in [0.29, 0.717) is 11.3 Å². The smallest absolute Gasteiger partial charge is 0.276 e. The van der Waals surface area contributed by atoms with E-state index in [1.54, 1.807) is 31.4 Å². The number of ether oxygens (including phenoxy) is 1. The van der Waals surface area contributed by atoms with Crippen molar-refractivity contribution >= 4 is 32.2 Å². The summed E-state index contributed by atoms with van der Waals surface area (Å²) in [6, 6.07) is 13.5. The Kier molecular flexibility index (Phi) is 4.98. The van der Waals surface area contributed by atoms with Crippen LogP contribution >= 0.6 is 15.9 Å². The number of hydrazone groups is 1. The lowest BCUT2D eigenvalue weighted by atomic mass is 10.2. The van der Waals surface area contributed by atoms with E-state index in [0.717, 1.165) is 4.47 Å². The van der Waals surface area contributed by atoms with Crippen LogP contribution in [0.5, 0.6) is 5.75 Å². The number of nitrogens with zero attached hydrogens (tertiary/aromatic N) is 1. The summed E-state index contributed by atoms with van der Waals surface area (Å²) < 4.78 is 30.0. The number of sulfonamides is 1. The summed E-state index contributed by atoms with van der Waals surface area (Å²) in [5.74, 6) is 0.615. The first-order valence-corrected chi connectivity index (χ1v) is 8.24. The van der Waals surface area contributed by atoms with Gasteiger partial charge in [0.2, 0.25) is 0 Å². The summed E-state index contributed by atoms with van der Waals surface area (Å²) in [5, 5.41) is 3.77. The summed E-state index contributed by atoms with van der Waals surface area (Å²) in [6.45, 7) is 0. The lowest BCUT2D eigenvalue weighted by molar-refractivity contribution is 0.414. The molecule has 0 aromatic heterocycles. The minimum atomic E-state index is -3.68. The fourth-order valence-electron chi connectivity index (χ4n) is 1.60. The lowest BCUT2D eigenvalue weighted by Crippen LogP contribution is -2.18. The van der Waals surface area contributed by atoms with Crippen molar-refractivity contribution in [3.63, 3.8) is 0 Å². The molecule has 0 amide bonds. The Bertz CT molecular complexity index is 743. The molecule has 7 heteroatoms. The largest absolute Gasteiger partial charge is 0.496 e. The Hall–Kier alpha value is -1.86. The van der Waals surface area contributed by atoms with Crippen LogP contribution in [0.4, 0.5) is 0 Å². The van der Waals surface area contributed by atoms with E-state index < -0.39 is 10.0 Å². The third kappa shape index (κ3) is 4.05. The van der Waals surface area contributed by atoms with Crippen molar-refractivity contribution in [1.82, 2.24) is 4.83 Å². The SMILES string of the molecule is COc1ccccc1/C=N\NS(=O)(=O)c1ccc(Br)cc1. The van der Waals surface area contributed by atoms with Crippen LogP contribution in [0.25, 0.3) is 0 Å². The molecule has 2 aromatic carbocycles. The average molecular weight is 369 g/mol. The Morgan fingerprint density at radius 3 is 2.48 bits per heavy atom. The van der Waals surface area contributed by atoms with Gasteiger partial charge in [0, 0.05) is 10.0 Å². The van der Waals surface area contributed by atoms with E-state index in [2.05, 4.69) is 25.9 Å². The molecule has 0 fully saturated rings. The van der Waals surface area contributed by atoms with Gasteiger partial charge >= 0.3 is 0 Å². The van der Waals surface area contributed by atoms with Crippen LogP contribution in [-0.4, -0.2) is 21.7 Å². The second-order valence-electron chi connectivity index (χ2n) is 4.05. The summed E-state index contributed by atoms with van der Waals surface area (Å²) in [6.07, 6.45) is 1.40. The minimum Gasteiger partial charge on any atom is -0.496 e. The van der Waals surface area contributed by atoms with Crippen LogP contribution in [-0.2, 0) is 10.0 Å². The van der Waals surface area contributed by atoms with Crippen molar-refractivity contribution in [2.45, 2.75) is 4.90 Å². The van der Waals surface area contributed by atoms with Gasteiger partial charge in [-0.25, -0.2) is 4.83 Å². The normalized spacial score (nSPS) is 11.5. The van der Waals surface area contributed by atoms with Gasteiger partial charge < -0.3 is 4.74 Å².